The van der Waals surface area contributed by atoms with Crippen molar-refractivity contribution in [3.63, 3.8) is 0 Å². The number of fused-ring (bicyclic) bond motifs is 1. The molecule has 1 aliphatic heterocycles. The van der Waals surface area contributed by atoms with Gasteiger partial charge >= 0.3 is 6.18 Å². The number of carbonyl (C=O) groups excluding carboxylic acids is 2. The quantitative estimate of drug-likeness (QED) is 0.536. The largest absolute Gasteiger partial charge is 0.416 e. The van der Waals surface area contributed by atoms with Crippen LogP contribution in [-0.4, -0.2) is 40.8 Å². The number of nitrogens with one attached hydrogen (secondary N) is 1. The van der Waals surface area contributed by atoms with E-state index in [9.17, 15) is 22.8 Å². The number of amides is 2. The number of nitrogens with zero attached hydrogens (tertiary/aromatic N) is 2. The zero-order valence-electron chi connectivity index (χ0n) is 18.8. The Morgan fingerprint density at radius 2 is 1.97 bits per heavy atom. The molecule has 3 N–H and O–H groups in total. The summed E-state index contributed by atoms with van der Waals surface area (Å²) in [7, 11) is 0. The molecule has 1 aliphatic carbocycles. The third-order valence-corrected chi connectivity index (χ3v) is 7.55. The van der Waals surface area contributed by atoms with Gasteiger partial charge in [0, 0.05) is 18.7 Å². The normalized spacial score (nSPS) is 21.0. The molecule has 2 amide bonds. The van der Waals surface area contributed by atoms with Crippen LogP contribution in [0.4, 0.5) is 18.3 Å². The second-order valence-electron chi connectivity index (χ2n) is 9.07. The number of hydrogen-bond donors (Lipinski definition) is 2. The minimum Gasteiger partial charge on any atom is -0.375 e. The highest BCUT2D eigenvalue weighted by Gasteiger charge is 2.54. The van der Waals surface area contributed by atoms with Gasteiger partial charge in [-0.25, -0.2) is 4.98 Å². The smallest absolute Gasteiger partial charge is 0.375 e. The van der Waals surface area contributed by atoms with Gasteiger partial charge in [0.05, 0.1) is 16.5 Å². The van der Waals surface area contributed by atoms with Crippen LogP contribution in [-0.2, 0) is 6.18 Å². The molecule has 2 heterocycles. The van der Waals surface area contributed by atoms with E-state index in [-0.39, 0.29) is 35.7 Å². The summed E-state index contributed by atoms with van der Waals surface area (Å²) in [6.07, 6.45) is -3.58. The van der Waals surface area contributed by atoms with Crippen LogP contribution < -0.4 is 11.1 Å². The monoisotopic (exact) mass is 500 g/mol. The molecule has 10 heteroatoms. The van der Waals surface area contributed by atoms with Gasteiger partial charge < -0.3 is 16.0 Å². The first-order chi connectivity index (χ1) is 16.6. The fourth-order valence-electron chi connectivity index (χ4n) is 4.80. The van der Waals surface area contributed by atoms with E-state index < -0.39 is 17.6 Å². The number of carbonyl (C=O) groups is 2. The molecule has 6 nitrogen and oxygen atoms in total. The van der Waals surface area contributed by atoms with Gasteiger partial charge in [0.2, 0.25) is 0 Å². The minimum absolute atomic E-state index is 0.0722. The van der Waals surface area contributed by atoms with Crippen LogP contribution in [0.2, 0.25) is 0 Å². The number of hydrogen-bond acceptors (Lipinski definition) is 5. The van der Waals surface area contributed by atoms with E-state index in [4.69, 9.17) is 5.73 Å². The van der Waals surface area contributed by atoms with Crippen LogP contribution in [0.15, 0.2) is 48.5 Å². The molecule has 0 spiro atoms. The van der Waals surface area contributed by atoms with E-state index in [0.717, 1.165) is 29.7 Å². The number of piperidine rings is 1. The fourth-order valence-corrected chi connectivity index (χ4v) is 5.62. The topological polar surface area (TPSA) is 88.3 Å². The number of rotatable bonds is 5. The Kier molecular flexibility index (Phi) is 5.79. The van der Waals surface area contributed by atoms with Gasteiger partial charge in [0.1, 0.15) is 5.69 Å². The second kappa shape index (κ2) is 8.67. The molecule has 182 valence electrons. The summed E-state index contributed by atoms with van der Waals surface area (Å²) in [5.41, 5.74) is 7.21. The Bertz CT molecular complexity index is 1310. The number of nitrogens with two attached hydrogens (primary N) is 1. The summed E-state index contributed by atoms with van der Waals surface area (Å²) in [4.78, 5) is 32.9. The average molecular weight is 501 g/mol. The van der Waals surface area contributed by atoms with Gasteiger partial charge in [0.25, 0.3) is 11.8 Å². The third kappa shape index (κ3) is 4.62. The van der Waals surface area contributed by atoms with E-state index in [1.54, 1.807) is 4.90 Å². The molecule has 3 aromatic rings. The minimum atomic E-state index is -4.53. The van der Waals surface area contributed by atoms with Crippen molar-refractivity contribution in [2.45, 2.75) is 25.6 Å². The highest BCUT2D eigenvalue weighted by atomic mass is 32.1. The number of alkyl halides is 3. The lowest BCUT2D eigenvalue weighted by molar-refractivity contribution is -0.137. The Labute approximate surface area is 204 Å². The van der Waals surface area contributed by atoms with Crippen molar-refractivity contribution in [1.29, 1.82) is 0 Å². The zero-order chi connectivity index (χ0) is 24.9. The van der Waals surface area contributed by atoms with Crippen LogP contribution in [0.25, 0.3) is 10.4 Å². The van der Waals surface area contributed by atoms with Crippen molar-refractivity contribution < 1.29 is 22.8 Å². The van der Waals surface area contributed by atoms with Crippen LogP contribution in [0.1, 0.15) is 38.4 Å². The lowest BCUT2D eigenvalue weighted by Gasteiger charge is -2.27. The lowest BCUT2D eigenvalue weighted by atomic mass is 10.1. The molecule has 2 aliphatic rings. The van der Waals surface area contributed by atoms with Crippen LogP contribution >= 0.6 is 11.3 Å². The number of benzene rings is 2. The summed E-state index contributed by atoms with van der Waals surface area (Å²) in [5.74, 6) is -0.252. The van der Waals surface area contributed by atoms with E-state index in [2.05, 4.69) is 10.3 Å². The summed E-state index contributed by atoms with van der Waals surface area (Å²) in [6, 6.07) is 11.8. The Morgan fingerprint density at radius 1 is 1.20 bits per heavy atom. The van der Waals surface area contributed by atoms with Gasteiger partial charge in [0.15, 0.2) is 5.13 Å². The maximum atomic E-state index is 13.6. The first-order valence-electron chi connectivity index (χ1n) is 11.2. The van der Waals surface area contributed by atoms with Gasteiger partial charge in [-0.15, -0.1) is 0 Å². The first-order valence-corrected chi connectivity index (χ1v) is 12.0. The van der Waals surface area contributed by atoms with E-state index in [1.165, 1.54) is 23.5 Å². The molecule has 1 saturated heterocycles. The number of aromatic nitrogens is 1. The highest BCUT2D eigenvalue weighted by molar-refractivity contribution is 7.19. The second-order valence-corrected chi connectivity index (χ2v) is 10.1. The maximum Gasteiger partial charge on any atom is 0.416 e. The van der Waals surface area contributed by atoms with Crippen molar-refractivity contribution >= 4 is 28.3 Å². The molecule has 1 aromatic heterocycles. The number of anilines is 1. The first kappa shape index (κ1) is 23.3. The SMILES string of the molecule is Cc1cccc(-c2sc(N)nc2C(=O)N2CC3CC3C2CNC(=O)c2cccc(C(F)(F)F)c2)c1. The summed E-state index contributed by atoms with van der Waals surface area (Å²) >= 11 is 1.25. The summed E-state index contributed by atoms with van der Waals surface area (Å²) in [5, 5.41) is 3.02. The standard InChI is InChI=1S/C25H23F3N4O2S/c1-13-4-2-5-14(8-13)21-20(31-24(29)35-21)23(34)32-12-16-10-18(16)19(32)11-30-22(33)15-6-3-7-17(9-15)25(26,27)28/h2-9,16,18-19H,10-12H2,1H3,(H2,29,31)(H,30,33). The Hall–Kier alpha value is -3.40. The molecule has 2 fully saturated rings. The van der Waals surface area contributed by atoms with Crippen LogP contribution in [0, 0.1) is 18.8 Å². The zero-order valence-corrected chi connectivity index (χ0v) is 19.6. The molecule has 1 saturated carbocycles. The van der Waals surface area contributed by atoms with E-state index in [0.29, 0.717) is 22.5 Å². The Balaban J connectivity index is 1.34. The molecule has 35 heavy (non-hydrogen) atoms. The molecule has 5 rings (SSSR count). The number of aryl methyl sites for hydroxylation is 1. The van der Waals surface area contributed by atoms with Gasteiger partial charge in [-0.05, 0) is 48.9 Å². The molecular formula is C25H23F3N4O2S. The fraction of sp³-hybridized carbons (Fsp3) is 0.320. The molecular weight excluding hydrogens is 477 g/mol. The molecule has 3 atom stereocenters. The number of nitrogen functional groups attached to an aromatic ring is 1. The lowest BCUT2D eigenvalue weighted by Crippen LogP contribution is -2.45. The van der Waals surface area contributed by atoms with Gasteiger partial charge in [-0.2, -0.15) is 13.2 Å². The molecule has 0 radical (unpaired) electrons. The predicted molar refractivity (Wildman–Crippen MR) is 127 cm³/mol. The van der Waals surface area contributed by atoms with Gasteiger partial charge in [-0.1, -0.05) is 47.2 Å². The van der Waals surface area contributed by atoms with Crippen molar-refractivity contribution in [2.24, 2.45) is 11.8 Å². The van der Waals surface area contributed by atoms with E-state index >= 15 is 0 Å². The number of halogens is 3. The maximum absolute atomic E-state index is 13.6. The highest BCUT2D eigenvalue weighted by Crippen LogP contribution is 2.50. The van der Waals surface area contributed by atoms with Crippen molar-refractivity contribution in [2.75, 3.05) is 18.8 Å². The van der Waals surface area contributed by atoms with Crippen molar-refractivity contribution in [1.82, 2.24) is 15.2 Å². The summed E-state index contributed by atoms with van der Waals surface area (Å²) in [6.45, 7) is 2.67. The predicted octanol–water partition coefficient (Wildman–Crippen LogP) is 4.61. The molecule has 3 unspecified atom stereocenters. The van der Waals surface area contributed by atoms with E-state index in [1.807, 2.05) is 31.2 Å². The summed E-state index contributed by atoms with van der Waals surface area (Å²) < 4.78 is 39.0. The van der Waals surface area contributed by atoms with Crippen LogP contribution in [0.3, 0.4) is 0 Å². The average Bonchev–Trinajstić information content (AvgIpc) is 3.33. The number of likely N-dealkylation sites (tertiary alicyclic amines) is 1. The molecule has 2 aromatic carbocycles. The molecule has 0 bridgehead atoms. The van der Waals surface area contributed by atoms with Crippen LogP contribution in [0.5, 0.6) is 0 Å². The number of thiazole rings is 1. The Morgan fingerprint density at radius 3 is 2.71 bits per heavy atom. The third-order valence-electron chi connectivity index (χ3n) is 6.61. The van der Waals surface area contributed by atoms with Crippen molar-refractivity contribution in [3.8, 4) is 10.4 Å². The van der Waals surface area contributed by atoms with Gasteiger partial charge in [-0.3, -0.25) is 9.59 Å². The van der Waals surface area contributed by atoms with Crippen molar-refractivity contribution in [3.05, 3.63) is 70.9 Å².